The van der Waals surface area contributed by atoms with Crippen LogP contribution in [0.4, 0.5) is 5.69 Å². The van der Waals surface area contributed by atoms with E-state index in [1.807, 2.05) is 84.9 Å². The summed E-state index contributed by atoms with van der Waals surface area (Å²) in [6, 6.07) is 67.1. The van der Waals surface area contributed by atoms with E-state index in [1.165, 1.54) is 33.0 Å². The number of hydrogen-bond donors (Lipinski definition) is 0. The van der Waals surface area contributed by atoms with Gasteiger partial charge in [0.05, 0.1) is 46.3 Å². The smallest absolute Gasteiger partial charge is 0.187 e. The molecule has 0 aliphatic heterocycles. The van der Waals surface area contributed by atoms with Crippen LogP contribution in [0.5, 0.6) is 0 Å². The van der Waals surface area contributed by atoms with Crippen molar-refractivity contribution in [2.24, 2.45) is 0 Å². The minimum atomic E-state index is -0.238. The van der Waals surface area contributed by atoms with Gasteiger partial charge in [-0.3, -0.25) is 0 Å². The highest BCUT2D eigenvalue weighted by Crippen LogP contribution is 2.54. The molecule has 1 aliphatic carbocycles. The highest BCUT2D eigenvalue weighted by atomic mass is 15.0. The standard InChI is InChI=1S/C57H37N5/c1-57(2)48-20-12-10-18-43(48)44-30-31-52-53(54(44)57)45-19-11-13-21-51(45)62(52)55-46(37-24-22-36(35-58)23-25-37)32-41(33-47(55)38-26-28-42(59-3)29-27-38)50-34-49(39-14-6-4-7-15-39)60-56(61-50)40-16-8-5-9-17-40/h4-34H,1-2H3. The summed E-state index contributed by atoms with van der Waals surface area (Å²) in [7, 11) is 0. The second-order valence-electron chi connectivity index (χ2n) is 16.4. The van der Waals surface area contributed by atoms with E-state index in [1.54, 1.807) is 0 Å². The van der Waals surface area contributed by atoms with Gasteiger partial charge in [-0.05, 0) is 75.8 Å². The number of fused-ring (bicyclic) bond motifs is 7. The predicted molar refractivity (Wildman–Crippen MR) is 252 cm³/mol. The van der Waals surface area contributed by atoms with Gasteiger partial charge in [0.2, 0.25) is 0 Å². The van der Waals surface area contributed by atoms with Crippen molar-refractivity contribution >= 4 is 27.5 Å². The molecule has 0 fully saturated rings. The Kier molecular flexibility index (Phi) is 8.53. The van der Waals surface area contributed by atoms with E-state index in [-0.39, 0.29) is 5.41 Å². The van der Waals surface area contributed by atoms with Crippen LogP contribution in [-0.2, 0) is 5.41 Å². The van der Waals surface area contributed by atoms with E-state index in [2.05, 4.69) is 132 Å². The fourth-order valence-corrected chi connectivity index (χ4v) is 9.54. The first-order valence-electron chi connectivity index (χ1n) is 20.7. The number of benzene rings is 8. The molecular formula is C57H37N5. The summed E-state index contributed by atoms with van der Waals surface area (Å²) < 4.78 is 2.43. The second kappa shape index (κ2) is 14.4. The molecule has 1 aliphatic rings. The Balaban J connectivity index is 1.27. The molecule has 0 saturated carbocycles. The lowest BCUT2D eigenvalue weighted by Gasteiger charge is -2.23. The molecule has 290 valence electrons. The van der Waals surface area contributed by atoms with Crippen molar-refractivity contribution in [1.29, 1.82) is 5.26 Å². The zero-order chi connectivity index (χ0) is 42.0. The summed E-state index contributed by atoms with van der Waals surface area (Å²) in [5.41, 5.74) is 17.6. The highest BCUT2D eigenvalue weighted by Gasteiger charge is 2.38. The molecule has 0 N–H and O–H groups in total. The molecular weight excluding hydrogens is 755 g/mol. The molecule has 5 heteroatoms. The average Bonchev–Trinajstić information content (AvgIpc) is 3.79. The lowest BCUT2D eigenvalue weighted by Crippen LogP contribution is -2.15. The molecule has 5 nitrogen and oxygen atoms in total. The average molecular weight is 792 g/mol. The number of aromatic nitrogens is 3. The Labute approximate surface area is 360 Å². The Morgan fingerprint density at radius 1 is 0.532 bits per heavy atom. The van der Waals surface area contributed by atoms with Crippen molar-refractivity contribution in [3.63, 3.8) is 0 Å². The number of nitrogens with zero attached hydrogens (tertiary/aromatic N) is 5. The van der Waals surface area contributed by atoms with Crippen LogP contribution in [0.25, 0.3) is 99.6 Å². The molecule has 0 bridgehead atoms. The van der Waals surface area contributed by atoms with Crippen LogP contribution in [-0.4, -0.2) is 14.5 Å². The summed E-state index contributed by atoms with van der Waals surface area (Å²) in [6.45, 7) is 12.5. The number of nitriles is 1. The molecule has 0 radical (unpaired) electrons. The maximum absolute atomic E-state index is 9.90. The third-order valence-electron chi connectivity index (χ3n) is 12.4. The van der Waals surface area contributed by atoms with Crippen molar-refractivity contribution in [2.75, 3.05) is 0 Å². The second-order valence-corrected chi connectivity index (χ2v) is 16.4. The quantitative estimate of drug-likeness (QED) is 0.158. The molecule has 10 aromatic rings. The summed E-state index contributed by atoms with van der Waals surface area (Å²) in [4.78, 5) is 14.1. The Morgan fingerprint density at radius 3 is 1.81 bits per heavy atom. The van der Waals surface area contributed by atoms with Crippen LogP contribution in [0.15, 0.2) is 188 Å². The molecule has 8 aromatic carbocycles. The zero-order valence-corrected chi connectivity index (χ0v) is 34.1. The normalized spacial score (nSPS) is 12.5. The summed E-state index contributed by atoms with van der Waals surface area (Å²) in [6.07, 6.45) is 0. The minimum absolute atomic E-state index is 0.238. The van der Waals surface area contributed by atoms with E-state index in [9.17, 15) is 5.26 Å². The monoisotopic (exact) mass is 791 g/mol. The first-order chi connectivity index (χ1) is 30.4. The molecule has 62 heavy (non-hydrogen) atoms. The van der Waals surface area contributed by atoms with Crippen LogP contribution in [0.1, 0.15) is 30.5 Å². The summed E-state index contributed by atoms with van der Waals surface area (Å²) >= 11 is 0. The SMILES string of the molecule is [C-]#[N+]c1ccc(-c2cc(-c3cc(-c4ccccc4)nc(-c4ccccc4)n3)cc(-c3ccc(C#N)cc3)c2-n2c3ccccc3c3c4c(ccc32)-c2ccccc2C4(C)C)cc1. The molecule has 2 aromatic heterocycles. The molecule has 0 amide bonds. The molecule has 0 atom stereocenters. The van der Waals surface area contributed by atoms with Gasteiger partial charge < -0.3 is 4.57 Å². The number of para-hydroxylation sites is 1. The molecule has 2 heterocycles. The molecule has 11 rings (SSSR count). The van der Waals surface area contributed by atoms with Gasteiger partial charge in [0.25, 0.3) is 0 Å². The van der Waals surface area contributed by atoms with E-state index in [4.69, 9.17) is 16.5 Å². The topological polar surface area (TPSA) is 58.9 Å². The third kappa shape index (κ3) is 5.83. The van der Waals surface area contributed by atoms with Crippen LogP contribution in [0, 0.1) is 17.9 Å². The van der Waals surface area contributed by atoms with Crippen LogP contribution in [0.3, 0.4) is 0 Å². The third-order valence-corrected chi connectivity index (χ3v) is 12.4. The first-order valence-corrected chi connectivity index (χ1v) is 20.7. The van der Waals surface area contributed by atoms with E-state index < -0.39 is 0 Å². The van der Waals surface area contributed by atoms with Gasteiger partial charge in [-0.15, -0.1) is 0 Å². The van der Waals surface area contributed by atoms with Crippen molar-refractivity contribution < 1.29 is 0 Å². The molecule has 0 unspecified atom stereocenters. The Bertz CT molecular complexity index is 3340. The Hall–Kier alpha value is -8.38. The number of hydrogen-bond acceptors (Lipinski definition) is 3. The maximum atomic E-state index is 9.90. The van der Waals surface area contributed by atoms with E-state index in [0.29, 0.717) is 17.1 Å². The van der Waals surface area contributed by atoms with Gasteiger partial charge in [0.15, 0.2) is 11.5 Å². The molecule has 0 saturated heterocycles. The lowest BCUT2D eigenvalue weighted by molar-refractivity contribution is 0.666. The van der Waals surface area contributed by atoms with Crippen LogP contribution >= 0.6 is 0 Å². The van der Waals surface area contributed by atoms with Gasteiger partial charge >= 0.3 is 0 Å². The highest BCUT2D eigenvalue weighted by molar-refractivity contribution is 6.15. The predicted octanol–water partition coefficient (Wildman–Crippen LogP) is 14.6. The fraction of sp³-hybridized carbons (Fsp3) is 0.0526. The van der Waals surface area contributed by atoms with E-state index in [0.717, 1.165) is 67.1 Å². The largest absolute Gasteiger partial charge is 0.308 e. The number of rotatable bonds is 6. The van der Waals surface area contributed by atoms with Gasteiger partial charge in [-0.2, -0.15) is 5.26 Å². The zero-order valence-electron chi connectivity index (χ0n) is 34.1. The van der Waals surface area contributed by atoms with Gasteiger partial charge in [0, 0.05) is 44.0 Å². The summed E-state index contributed by atoms with van der Waals surface area (Å²) in [5.74, 6) is 0.633. The summed E-state index contributed by atoms with van der Waals surface area (Å²) in [5, 5.41) is 12.3. The fourth-order valence-electron chi connectivity index (χ4n) is 9.54. The van der Waals surface area contributed by atoms with Gasteiger partial charge in [0.1, 0.15) is 0 Å². The lowest BCUT2D eigenvalue weighted by atomic mass is 9.80. The maximum Gasteiger partial charge on any atom is 0.187 e. The van der Waals surface area contributed by atoms with Crippen molar-refractivity contribution in [3.05, 3.63) is 216 Å². The van der Waals surface area contributed by atoms with Crippen molar-refractivity contribution in [2.45, 2.75) is 19.3 Å². The first kappa shape index (κ1) is 36.7. The van der Waals surface area contributed by atoms with Crippen molar-refractivity contribution in [3.8, 4) is 79.0 Å². The van der Waals surface area contributed by atoms with Gasteiger partial charge in [-0.1, -0.05) is 159 Å². The van der Waals surface area contributed by atoms with E-state index >= 15 is 0 Å². The Morgan fingerprint density at radius 2 is 1.13 bits per heavy atom. The van der Waals surface area contributed by atoms with Gasteiger partial charge in [-0.25, -0.2) is 14.8 Å². The minimum Gasteiger partial charge on any atom is -0.308 e. The van der Waals surface area contributed by atoms with Crippen molar-refractivity contribution in [1.82, 2.24) is 14.5 Å². The van der Waals surface area contributed by atoms with Crippen LogP contribution in [0.2, 0.25) is 0 Å². The van der Waals surface area contributed by atoms with Crippen LogP contribution < -0.4 is 0 Å². The molecule has 0 spiro atoms.